The minimum atomic E-state index is -1.12. The van der Waals surface area contributed by atoms with Gasteiger partial charge in [-0.25, -0.2) is 4.79 Å². The Hall–Kier alpha value is -3.03. The van der Waals surface area contributed by atoms with Crippen LogP contribution < -0.4 is 5.32 Å². The number of aromatic nitrogens is 1. The standard InChI is InChI=1S/C13H11N3O5/c17-10-6-16(7-11(18)15-10)13(21)9-3-8(4-14-5-9)1-2-12(19)20/h1-5H,6-7H2,(H,19,20)(H,15,17,18). The largest absolute Gasteiger partial charge is 0.478 e. The number of imide groups is 1. The van der Waals surface area contributed by atoms with Crippen LogP contribution in [0.4, 0.5) is 0 Å². The fourth-order valence-corrected chi connectivity index (χ4v) is 1.80. The number of carbonyl (C=O) groups excluding carboxylic acids is 3. The third-order valence-corrected chi connectivity index (χ3v) is 2.66. The van der Waals surface area contributed by atoms with E-state index in [1.807, 2.05) is 0 Å². The Balaban J connectivity index is 2.19. The first kappa shape index (κ1) is 14.4. The summed E-state index contributed by atoms with van der Waals surface area (Å²) in [7, 11) is 0. The molecular formula is C13H11N3O5. The average Bonchev–Trinajstić information content (AvgIpc) is 2.43. The second kappa shape index (κ2) is 5.95. The van der Waals surface area contributed by atoms with Gasteiger partial charge in [0, 0.05) is 18.5 Å². The van der Waals surface area contributed by atoms with E-state index in [1.54, 1.807) is 0 Å². The van der Waals surface area contributed by atoms with Crippen LogP contribution in [0.25, 0.3) is 6.08 Å². The highest BCUT2D eigenvalue weighted by Crippen LogP contribution is 2.09. The Labute approximate surface area is 119 Å². The van der Waals surface area contributed by atoms with Crippen LogP contribution in [-0.4, -0.2) is 51.8 Å². The maximum atomic E-state index is 12.2. The molecule has 1 saturated heterocycles. The number of hydrogen-bond acceptors (Lipinski definition) is 5. The van der Waals surface area contributed by atoms with Crippen LogP contribution in [0, 0.1) is 0 Å². The highest BCUT2D eigenvalue weighted by atomic mass is 16.4. The van der Waals surface area contributed by atoms with Crippen LogP contribution in [0.2, 0.25) is 0 Å². The molecule has 0 radical (unpaired) electrons. The molecule has 1 fully saturated rings. The SMILES string of the molecule is O=C(O)C=Cc1cncc(C(=O)N2CC(=O)NC(=O)C2)c1. The summed E-state index contributed by atoms with van der Waals surface area (Å²) in [6.45, 7) is -0.417. The van der Waals surface area contributed by atoms with Gasteiger partial charge in [0.1, 0.15) is 13.1 Å². The van der Waals surface area contributed by atoms with Crippen LogP contribution >= 0.6 is 0 Å². The van der Waals surface area contributed by atoms with Crippen LogP contribution in [0.5, 0.6) is 0 Å². The third kappa shape index (κ3) is 3.72. The zero-order chi connectivity index (χ0) is 15.4. The van der Waals surface area contributed by atoms with Crippen molar-refractivity contribution in [3.63, 3.8) is 0 Å². The normalized spacial score (nSPS) is 15.1. The summed E-state index contributed by atoms with van der Waals surface area (Å²) >= 11 is 0. The number of hydrogen-bond donors (Lipinski definition) is 2. The molecule has 2 N–H and O–H groups in total. The van der Waals surface area contributed by atoms with Gasteiger partial charge in [0.25, 0.3) is 5.91 Å². The number of nitrogens with one attached hydrogen (secondary N) is 1. The van der Waals surface area contributed by atoms with Gasteiger partial charge < -0.3 is 10.0 Å². The quantitative estimate of drug-likeness (QED) is 0.560. The van der Waals surface area contributed by atoms with E-state index in [1.165, 1.54) is 24.5 Å². The molecular weight excluding hydrogens is 278 g/mol. The highest BCUT2D eigenvalue weighted by molar-refractivity contribution is 6.05. The van der Waals surface area contributed by atoms with Gasteiger partial charge in [-0.05, 0) is 17.7 Å². The Kier molecular flexibility index (Phi) is 4.07. The smallest absolute Gasteiger partial charge is 0.328 e. The number of amides is 3. The van der Waals surface area contributed by atoms with Gasteiger partial charge in [0.2, 0.25) is 11.8 Å². The molecule has 2 heterocycles. The van der Waals surface area contributed by atoms with Crippen molar-refractivity contribution in [1.82, 2.24) is 15.2 Å². The predicted octanol–water partition coefficient (Wildman–Crippen LogP) is -0.722. The second-order valence-electron chi connectivity index (χ2n) is 4.31. The molecule has 0 saturated carbocycles. The van der Waals surface area contributed by atoms with E-state index in [9.17, 15) is 19.2 Å². The lowest BCUT2D eigenvalue weighted by Gasteiger charge is -2.25. The average molecular weight is 289 g/mol. The van der Waals surface area contributed by atoms with Crippen molar-refractivity contribution in [3.8, 4) is 0 Å². The zero-order valence-electron chi connectivity index (χ0n) is 10.8. The van der Waals surface area contributed by atoms with Gasteiger partial charge in [-0.1, -0.05) is 0 Å². The number of pyridine rings is 1. The molecule has 21 heavy (non-hydrogen) atoms. The Morgan fingerprint density at radius 3 is 2.52 bits per heavy atom. The summed E-state index contributed by atoms with van der Waals surface area (Å²) in [5.74, 6) is -2.73. The van der Waals surface area contributed by atoms with Gasteiger partial charge in [0.05, 0.1) is 5.56 Å². The molecule has 2 rings (SSSR count). The Morgan fingerprint density at radius 2 is 1.90 bits per heavy atom. The number of carboxylic acid groups (broad SMARTS) is 1. The van der Waals surface area contributed by atoms with Crippen molar-refractivity contribution in [1.29, 1.82) is 0 Å². The van der Waals surface area contributed by atoms with Gasteiger partial charge in [-0.15, -0.1) is 0 Å². The summed E-state index contributed by atoms with van der Waals surface area (Å²) < 4.78 is 0. The Morgan fingerprint density at radius 1 is 1.24 bits per heavy atom. The molecule has 0 atom stereocenters. The minimum absolute atomic E-state index is 0.171. The topological polar surface area (TPSA) is 117 Å². The minimum Gasteiger partial charge on any atom is -0.478 e. The summed E-state index contributed by atoms with van der Waals surface area (Å²) in [6, 6.07) is 1.44. The Bertz CT molecular complexity index is 637. The lowest BCUT2D eigenvalue weighted by Crippen LogP contribution is -2.53. The molecule has 8 heteroatoms. The molecule has 0 bridgehead atoms. The summed E-state index contributed by atoms with van der Waals surface area (Å²) in [6.07, 6.45) is 4.89. The summed E-state index contributed by atoms with van der Waals surface area (Å²) in [4.78, 5) is 50.1. The fraction of sp³-hybridized carbons (Fsp3) is 0.154. The van der Waals surface area contributed by atoms with E-state index >= 15 is 0 Å². The third-order valence-electron chi connectivity index (χ3n) is 2.66. The van der Waals surface area contributed by atoms with E-state index in [0.717, 1.165) is 11.0 Å². The second-order valence-corrected chi connectivity index (χ2v) is 4.31. The predicted molar refractivity (Wildman–Crippen MR) is 70.0 cm³/mol. The van der Waals surface area contributed by atoms with Gasteiger partial charge in [-0.3, -0.25) is 24.7 Å². The maximum Gasteiger partial charge on any atom is 0.328 e. The maximum absolute atomic E-state index is 12.2. The van der Waals surface area contributed by atoms with Crippen molar-refractivity contribution >= 4 is 29.8 Å². The van der Waals surface area contributed by atoms with Crippen molar-refractivity contribution in [2.75, 3.05) is 13.1 Å². The number of carboxylic acids is 1. The highest BCUT2D eigenvalue weighted by Gasteiger charge is 2.27. The van der Waals surface area contributed by atoms with Crippen molar-refractivity contribution in [2.45, 2.75) is 0 Å². The molecule has 8 nitrogen and oxygen atoms in total. The van der Waals surface area contributed by atoms with E-state index in [4.69, 9.17) is 5.11 Å². The molecule has 108 valence electrons. The first-order valence-electron chi connectivity index (χ1n) is 5.94. The lowest BCUT2D eigenvalue weighted by atomic mass is 10.1. The fourth-order valence-electron chi connectivity index (χ4n) is 1.80. The molecule has 3 amide bonds. The monoisotopic (exact) mass is 289 g/mol. The molecule has 0 spiro atoms. The first-order valence-corrected chi connectivity index (χ1v) is 5.94. The summed E-state index contributed by atoms with van der Waals surface area (Å²) in [5.41, 5.74) is 0.598. The van der Waals surface area contributed by atoms with Crippen LogP contribution in [0.3, 0.4) is 0 Å². The number of aliphatic carboxylic acids is 1. The van der Waals surface area contributed by atoms with E-state index in [0.29, 0.717) is 5.56 Å². The molecule has 1 aromatic rings. The molecule has 0 unspecified atom stereocenters. The van der Waals surface area contributed by atoms with Crippen molar-refractivity contribution in [3.05, 3.63) is 35.7 Å². The van der Waals surface area contributed by atoms with Crippen LogP contribution in [0.15, 0.2) is 24.5 Å². The van der Waals surface area contributed by atoms with E-state index in [2.05, 4.69) is 10.3 Å². The van der Waals surface area contributed by atoms with E-state index in [-0.39, 0.29) is 18.7 Å². The molecule has 0 aromatic carbocycles. The first-order chi connectivity index (χ1) is 9.95. The van der Waals surface area contributed by atoms with Crippen LogP contribution in [-0.2, 0) is 14.4 Å². The van der Waals surface area contributed by atoms with Crippen molar-refractivity contribution in [2.24, 2.45) is 0 Å². The van der Waals surface area contributed by atoms with Crippen LogP contribution in [0.1, 0.15) is 15.9 Å². The molecule has 0 aliphatic carbocycles. The number of rotatable bonds is 3. The van der Waals surface area contributed by atoms with E-state index < -0.39 is 23.7 Å². The molecule has 1 aliphatic rings. The van der Waals surface area contributed by atoms with Crippen molar-refractivity contribution < 1.29 is 24.3 Å². The van der Waals surface area contributed by atoms with Gasteiger partial charge in [0.15, 0.2) is 0 Å². The number of piperazine rings is 1. The molecule has 1 aromatic heterocycles. The summed E-state index contributed by atoms with van der Waals surface area (Å²) in [5, 5.41) is 10.6. The lowest BCUT2D eigenvalue weighted by molar-refractivity contribution is -0.135. The number of nitrogens with zero attached hydrogens (tertiary/aromatic N) is 2. The molecule has 1 aliphatic heterocycles. The van der Waals surface area contributed by atoms with Gasteiger partial charge >= 0.3 is 5.97 Å². The van der Waals surface area contributed by atoms with Gasteiger partial charge in [-0.2, -0.15) is 0 Å². The number of carbonyl (C=O) groups is 4. The zero-order valence-corrected chi connectivity index (χ0v) is 10.8.